The average molecular weight is 365 g/mol. The Hall–Kier alpha value is -2.01. The van der Waals surface area contributed by atoms with Crippen LogP contribution in [0.1, 0.15) is 11.1 Å². The number of hydrogen-bond acceptors (Lipinski definition) is 4. The third-order valence-corrected chi connectivity index (χ3v) is 3.58. The molecule has 0 saturated heterocycles. The molecule has 2 aromatic rings. The quantitative estimate of drug-likeness (QED) is 0.729. The SMILES string of the molecule is COc1ccc(COC(=O)COc2cccc(C)c2)cc1Br. The molecule has 0 fully saturated rings. The van der Waals surface area contributed by atoms with Gasteiger partial charge in [0.1, 0.15) is 18.1 Å². The minimum atomic E-state index is -0.409. The van der Waals surface area contributed by atoms with Gasteiger partial charge in [0.05, 0.1) is 11.6 Å². The van der Waals surface area contributed by atoms with Gasteiger partial charge in [-0.3, -0.25) is 0 Å². The lowest BCUT2D eigenvalue weighted by Gasteiger charge is -2.09. The van der Waals surface area contributed by atoms with Crippen molar-refractivity contribution in [3.63, 3.8) is 0 Å². The van der Waals surface area contributed by atoms with E-state index in [1.807, 2.05) is 43.3 Å². The van der Waals surface area contributed by atoms with Gasteiger partial charge in [-0.1, -0.05) is 18.2 Å². The molecule has 0 aliphatic heterocycles. The molecule has 0 N–H and O–H groups in total. The van der Waals surface area contributed by atoms with Gasteiger partial charge in [-0.05, 0) is 58.2 Å². The highest BCUT2D eigenvalue weighted by Gasteiger charge is 2.07. The molecule has 4 nitrogen and oxygen atoms in total. The molecule has 2 rings (SSSR count). The lowest BCUT2D eigenvalue weighted by atomic mass is 10.2. The molecule has 0 spiro atoms. The molecule has 0 bridgehead atoms. The van der Waals surface area contributed by atoms with E-state index in [4.69, 9.17) is 14.2 Å². The summed E-state index contributed by atoms with van der Waals surface area (Å²) in [7, 11) is 1.60. The molecular weight excluding hydrogens is 348 g/mol. The number of ether oxygens (including phenoxy) is 3. The third kappa shape index (κ3) is 4.77. The first-order valence-corrected chi connectivity index (χ1v) is 7.55. The maximum atomic E-state index is 11.7. The summed E-state index contributed by atoms with van der Waals surface area (Å²) in [5.74, 6) is 0.982. The molecule has 116 valence electrons. The predicted molar refractivity (Wildman–Crippen MR) is 87.2 cm³/mol. The zero-order valence-corrected chi connectivity index (χ0v) is 14.1. The number of hydrogen-bond donors (Lipinski definition) is 0. The van der Waals surface area contributed by atoms with Gasteiger partial charge in [0, 0.05) is 0 Å². The molecule has 0 unspecified atom stereocenters. The van der Waals surface area contributed by atoms with E-state index in [9.17, 15) is 4.79 Å². The summed E-state index contributed by atoms with van der Waals surface area (Å²) < 4.78 is 16.5. The molecule has 0 radical (unpaired) electrons. The van der Waals surface area contributed by atoms with Crippen LogP contribution >= 0.6 is 15.9 Å². The maximum Gasteiger partial charge on any atom is 0.344 e. The van der Waals surface area contributed by atoms with Crippen molar-refractivity contribution < 1.29 is 19.0 Å². The number of benzene rings is 2. The molecule has 0 aliphatic carbocycles. The number of carbonyl (C=O) groups excluding carboxylic acids is 1. The van der Waals surface area contributed by atoms with Gasteiger partial charge in [0.2, 0.25) is 0 Å². The van der Waals surface area contributed by atoms with Gasteiger partial charge in [0.25, 0.3) is 0 Å². The fourth-order valence-electron chi connectivity index (χ4n) is 1.85. The van der Waals surface area contributed by atoms with Crippen LogP contribution in [-0.2, 0) is 16.1 Å². The second-order valence-corrected chi connectivity index (χ2v) is 5.59. The van der Waals surface area contributed by atoms with Crippen molar-refractivity contribution in [1.29, 1.82) is 0 Å². The summed E-state index contributed by atoms with van der Waals surface area (Å²) in [6.45, 7) is 2.05. The van der Waals surface area contributed by atoms with E-state index >= 15 is 0 Å². The Labute approximate surface area is 138 Å². The molecule has 0 aliphatic rings. The highest BCUT2D eigenvalue weighted by atomic mass is 79.9. The van der Waals surface area contributed by atoms with Crippen LogP contribution in [0.15, 0.2) is 46.9 Å². The molecule has 0 heterocycles. The molecule has 0 aromatic heterocycles. The Kier molecular flexibility index (Phi) is 5.83. The molecule has 0 atom stereocenters. The first-order chi connectivity index (χ1) is 10.6. The first kappa shape index (κ1) is 16.4. The van der Waals surface area contributed by atoms with E-state index in [1.54, 1.807) is 13.2 Å². The minimum absolute atomic E-state index is 0.110. The number of carbonyl (C=O) groups is 1. The van der Waals surface area contributed by atoms with Gasteiger partial charge in [0.15, 0.2) is 6.61 Å². The highest BCUT2D eigenvalue weighted by molar-refractivity contribution is 9.10. The van der Waals surface area contributed by atoms with Crippen molar-refractivity contribution in [3.8, 4) is 11.5 Å². The third-order valence-electron chi connectivity index (χ3n) is 2.96. The summed E-state index contributed by atoms with van der Waals surface area (Å²) in [4.78, 5) is 11.7. The van der Waals surface area contributed by atoms with Crippen LogP contribution in [0.4, 0.5) is 0 Å². The fraction of sp³-hybridized carbons (Fsp3) is 0.235. The lowest BCUT2D eigenvalue weighted by molar-refractivity contribution is -0.147. The van der Waals surface area contributed by atoms with Crippen molar-refractivity contribution in [2.45, 2.75) is 13.5 Å². The van der Waals surface area contributed by atoms with E-state index in [-0.39, 0.29) is 13.2 Å². The zero-order chi connectivity index (χ0) is 15.9. The molecule has 0 saturated carbocycles. The molecular formula is C17H17BrO4. The van der Waals surface area contributed by atoms with E-state index in [1.165, 1.54) is 0 Å². The van der Waals surface area contributed by atoms with Crippen LogP contribution < -0.4 is 9.47 Å². The molecule has 0 amide bonds. The Morgan fingerprint density at radius 3 is 2.68 bits per heavy atom. The number of rotatable bonds is 6. The number of aryl methyl sites for hydroxylation is 1. The number of methoxy groups -OCH3 is 1. The molecule has 22 heavy (non-hydrogen) atoms. The summed E-state index contributed by atoms with van der Waals surface area (Å²) in [5, 5.41) is 0. The van der Waals surface area contributed by atoms with E-state index < -0.39 is 5.97 Å². The van der Waals surface area contributed by atoms with Crippen molar-refractivity contribution in [2.75, 3.05) is 13.7 Å². The molecule has 5 heteroatoms. The van der Waals surface area contributed by atoms with Gasteiger partial charge in [-0.2, -0.15) is 0 Å². The standard InChI is InChI=1S/C17H17BrO4/c1-12-4-3-5-14(8-12)21-11-17(19)22-10-13-6-7-16(20-2)15(18)9-13/h3-9H,10-11H2,1-2H3. The minimum Gasteiger partial charge on any atom is -0.496 e. The number of halogens is 1. The smallest absolute Gasteiger partial charge is 0.344 e. The summed E-state index contributed by atoms with van der Waals surface area (Å²) in [5.41, 5.74) is 1.95. The topological polar surface area (TPSA) is 44.8 Å². The normalized spacial score (nSPS) is 10.1. The van der Waals surface area contributed by atoms with Crippen LogP contribution in [0.2, 0.25) is 0 Å². The Balaban J connectivity index is 1.81. The van der Waals surface area contributed by atoms with Crippen LogP contribution in [-0.4, -0.2) is 19.7 Å². The summed E-state index contributed by atoms with van der Waals surface area (Å²) >= 11 is 3.39. The van der Waals surface area contributed by atoms with Crippen molar-refractivity contribution >= 4 is 21.9 Å². The summed E-state index contributed by atoms with van der Waals surface area (Å²) in [6, 6.07) is 13.0. The first-order valence-electron chi connectivity index (χ1n) is 6.76. The van der Waals surface area contributed by atoms with Crippen LogP contribution in [0.25, 0.3) is 0 Å². The lowest BCUT2D eigenvalue weighted by Crippen LogP contribution is -2.14. The largest absolute Gasteiger partial charge is 0.496 e. The summed E-state index contributed by atoms with van der Waals surface area (Å²) in [6.07, 6.45) is 0. The van der Waals surface area contributed by atoms with Crippen LogP contribution in [0, 0.1) is 6.92 Å². The van der Waals surface area contributed by atoms with E-state index in [0.717, 1.165) is 21.3 Å². The molecule has 2 aromatic carbocycles. The van der Waals surface area contributed by atoms with Gasteiger partial charge < -0.3 is 14.2 Å². The van der Waals surface area contributed by atoms with E-state index in [0.29, 0.717) is 5.75 Å². The zero-order valence-electron chi connectivity index (χ0n) is 12.5. The Bertz CT molecular complexity index is 655. The van der Waals surface area contributed by atoms with Gasteiger partial charge in [-0.25, -0.2) is 4.79 Å². The van der Waals surface area contributed by atoms with Crippen molar-refractivity contribution in [1.82, 2.24) is 0 Å². The average Bonchev–Trinajstić information content (AvgIpc) is 2.51. The van der Waals surface area contributed by atoms with Crippen molar-refractivity contribution in [2.24, 2.45) is 0 Å². The Morgan fingerprint density at radius 1 is 1.18 bits per heavy atom. The highest BCUT2D eigenvalue weighted by Crippen LogP contribution is 2.25. The van der Waals surface area contributed by atoms with Gasteiger partial charge in [-0.15, -0.1) is 0 Å². The van der Waals surface area contributed by atoms with Crippen LogP contribution in [0.3, 0.4) is 0 Å². The monoisotopic (exact) mass is 364 g/mol. The number of esters is 1. The fourth-order valence-corrected chi connectivity index (χ4v) is 2.44. The maximum absolute atomic E-state index is 11.7. The second-order valence-electron chi connectivity index (χ2n) is 4.73. The van der Waals surface area contributed by atoms with Crippen molar-refractivity contribution in [3.05, 3.63) is 58.1 Å². The predicted octanol–water partition coefficient (Wildman–Crippen LogP) is 3.89. The van der Waals surface area contributed by atoms with E-state index in [2.05, 4.69) is 15.9 Å². The Morgan fingerprint density at radius 2 is 2.00 bits per heavy atom. The van der Waals surface area contributed by atoms with Gasteiger partial charge >= 0.3 is 5.97 Å². The second kappa shape index (κ2) is 7.84. The van der Waals surface area contributed by atoms with Crippen LogP contribution in [0.5, 0.6) is 11.5 Å².